The Hall–Kier alpha value is -1.17. The summed E-state index contributed by atoms with van der Waals surface area (Å²) in [7, 11) is 1.65. The third-order valence-electron chi connectivity index (χ3n) is 3.06. The molecule has 0 heterocycles. The predicted octanol–water partition coefficient (Wildman–Crippen LogP) is 2.49. The monoisotopic (exact) mass is 299 g/mol. The molecule has 0 aromatic heterocycles. The van der Waals surface area contributed by atoms with Crippen molar-refractivity contribution in [1.82, 2.24) is 5.32 Å². The molecule has 0 radical (unpaired) electrons. The lowest BCUT2D eigenvalue weighted by atomic mass is 10.2. The van der Waals surface area contributed by atoms with Crippen LogP contribution in [0.5, 0.6) is 5.75 Å². The van der Waals surface area contributed by atoms with Gasteiger partial charge in [-0.15, -0.1) is 0 Å². The Kier molecular flexibility index (Phi) is 9.78. The molecule has 21 heavy (non-hydrogen) atoms. The standard InChI is InChI=1S/C16H26FNO3/c1-20-9-6-18-13-14-10-15(17)12-16(11-14)21-8-5-3-2-4-7-19/h10-12,18-19H,2-9,13H2,1H3. The number of methoxy groups -OCH3 is 1. The highest BCUT2D eigenvalue weighted by Gasteiger charge is 2.02. The number of nitrogens with one attached hydrogen (secondary N) is 1. The molecule has 120 valence electrons. The molecule has 2 N–H and O–H groups in total. The van der Waals surface area contributed by atoms with Gasteiger partial charge in [0.25, 0.3) is 0 Å². The van der Waals surface area contributed by atoms with Gasteiger partial charge in [0.2, 0.25) is 0 Å². The normalized spacial score (nSPS) is 10.8. The van der Waals surface area contributed by atoms with Crippen LogP contribution in [0.2, 0.25) is 0 Å². The summed E-state index contributed by atoms with van der Waals surface area (Å²) >= 11 is 0. The Labute approximate surface area is 126 Å². The Balaban J connectivity index is 2.31. The van der Waals surface area contributed by atoms with Gasteiger partial charge >= 0.3 is 0 Å². The molecule has 0 unspecified atom stereocenters. The van der Waals surface area contributed by atoms with Gasteiger partial charge in [-0.2, -0.15) is 0 Å². The van der Waals surface area contributed by atoms with Gasteiger partial charge in [-0.1, -0.05) is 6.42 Å². The molecule has 0 atom stereocenters. The Morgan fingerprint density at radius 2 is 1.90 bits per heavy atom. The summed E-state index contributed by atoms with van der Waals surface area (Å²) in [5.41, 5.74) is 0.862. The zero-order chi connectivity index (χ0) is 15.3. The van der Waals surface area contributed by atoms with E-state index in [9.17, 15) is 4.39 Å². The van der Waals surface area contributed by atoms with Crippen LogP contribution in [0.1, 0.15) is 31.2 Å². The lowest BCUT2D eigenvalue weighted by Crippen LogP contribution is -2.18. The van der Waals surface area contributed by atoms with Gasteiger partial charge in [-0.25, -0.2) is 4.39 Å². The van der Waals surface area contributed by atoms with E-state index in [1.54, 1.807) is 7.11 Å². The largest absolute Gasteiger partial charge is 0.493 e. The first-order chi connectivity index (χ1) is 10.3. The number of aliphatic hydroxyl groups is 1. The second-order valence-electron chi connectivity index (χ2n) is 4.95. The number of ether oxygens (including phenoxy) is 2. The van der Waals surface area contributed by atoms with E-state index in [-0.39, 0.29) is 12.4 Å². The molecule has 1 rings (SSSR count). The van der Waals surface area contributed by atoms with Crippen LogP contribution in [0.3, 0.4) is 0 Å². The Morgan fingerprint density at radius 3 is 2.67 bits per heavy atom. The van der Waals surface area contributed by atoms with Crippen LogP contribution in [0.4, 0.5) is 4.39 Å². The molecule has 5 heteroatoms. The third-order valence-corrected chi connectivity index (χ3v) is 3.06. The first-order valence-corrected chi connectivity index (χ1v) is 7.49. The van der Waals surface area contributed by atoms with E-state index in [2.05, 4.69) is 5.32 Å². The molecule has 0 saturated carbocycles. The molecule has 1 aromatic rings. The van der Waals surface area contributed by atoms with E-state index in [0.717, 1.165) is 37.8 Å². The van der Waals surface area contributed by atoms with Crippen LogP contribution in [0.15, 0.2) is 18.2 Å². The molecule has 0 aliphatic heterocycles. The van der Waals surface area contributed by atoms with E-state index in [0.29, 0.717) is 25.5 Å². The number of halogens is 1. The topological polar surface area (TPSA) is 50.7 Å². The summed E-state index contributed by atoms with van der Waals surface area (Å²) < 4.78 is 24.0. The SMILES string of the molecule is COCCNCc1cc(F)cc(OCCCCCCO)c1. The summed E-state index contributed by atoms with van der Waals surface area (Å²) in [6.45, 7) is 2.77. The summed E-state index contributed by atoms with van der Waals surface area (Å²) in [6.07, 6.45) is 3.76. The van der Waals surface area contributed by atoms with Crippen molar-refractivity contribution in [3.63, 3.8) is 0 Å². The van der Waals surface area contributed by atoms with Gasteiger partial charge in [0.05, 0.1) is 13.2 Å². The minimum absolute atomic E-state index is 0.240. The van der Waals surface area contributed by atoms with Gasteiger partial charge in [-0.05, 0) is 37.0 Å². The second-order valence-corrected chi connectivity index (χ2v) is 4.95. The van der Waals surface area contributed by atoms with E-state index in [4.69, 9.17) is 14.6 Å². The van der Waals surface area contributed by atoms with Crippen molar-refractivity contribution >= 4 is 0 Å². The summed E-state index contributed by atoms with van der Waals surface area (Å²) in [4.78, 5) is 0. The minimum atomic E-state index is -0.281. The van der Waals surface area contributed by atoms with Gasteiger partial charge in [-0.3, -0.25) is 0 Å². The molecule has 1 aromatic carbocycles. The zero-order valence-electron chi connectivity index (χ0n) is 12.7. The van der Waals surface area contributed by atoms with Crippen LogP contribution in [-0.4, -0.2) is 38.6 Å². The van der Waals surface area contributed by atoms with Crippen molar-refractivity contribution in [1.29, 1.82) is 0 Å². The van der Waals surface area contributed by atoms with Crippen LogP contribution < -0.4 is 10.1 Å². The lowest BCUT2D eigenvalue weighted by Gasteiger charge is -2.09. The number of hydrogen-bond acceptors (Lipinski definition) is 4. The maximum atomic E-state index is 13.5. The number of rotatable bonds is 12. The summed E-state index contributed by atoms with van der Waals surface area (Å²) in [6, 6.07) is 4.77. The quantitative estimate of drug-likeness (QED) is 0.582. The average molecular weight is 299 g/mol. The van der Waals surface area contributed by atoms with E-state index >= 15 is 0 Å². The summed E-state index contributed by atoms with van der Waals surface area (Å²) in [5, 5.41) is 11.9. The summed E-state index contributed by atoms with van der Waals surface area (Å²) in [5.74, 6) is 0.289. The van der Waals surface area contributed by atoms with Gasteiger partial charge in [0.15, 0.2) is 0 Å². The molecule has 0 spiro atoms. The fourth-order valence-corrected chi connectivity index (χ4v) is 1.97. The van der Waals surface area contributed by atoms with E-state index < -0.39 is 0 Å². The van der Waals surface area contributed by atoms with Crippen molar-refractivity contribution in [2.45, 2.75) is 32.2 Å². The molecule has 0 saturated heterocycles. The maximum Gasteiger partial charge on any atom is 0.127 e. The van der Waals surface area contributed by atoms with Crippen molar-refractivity contribution in [3.05, 3.63) is 29.6 Å². The first kappa shape index (κ1) is 17.9. The fraction of sp³-hybridized carbons (Fsp3) is 0.625. The fourth-order valence-electron chi connectivity index (χ4n) is 1.97. The zero-order valence-corrected chi connectivity index (χ0v) is 12.7. The van der Waals surface area contributed by atoms with Gasteiger partial charge in [0.1, 0.15) is 11.6 Å². The smallest absolute Gasteiger partial charge is 0.127 e. The van der Waals surface area contributed by atoms with Crippen LogP contribution in [0.25, 0.3) is 0 Å². The highest BCUT2D eigenvalue weighted by molar-refractivity contribution is 5.29. The van der Waals surface area contributed by atoms with Crippen molar-refractivity contribution in [2.24, 2.45) is 0 Å². The molecule has 0 aliphatic rings. The average Bonchev–Trinajstić information content (AvgIpc) is 2.47. The first-order valence-electron chi connectivity index (χ1n) is 7.49. The minimum Gasteiger partial charge on any atom is -0.493 e. The lowest BCUT2D eigenvalue weighted by molar-refractivity contribution is 0.199. The molecular weight excluding hydrogens is 273 g/mol. The molecule has 0 bridgehead atoms. The van der Waals surface area contributed by atoms with Crippen LogP contribution in [0, 0.1) is 5.82 Å². The van der Waals surface area contributed by atoms with Gasteiger partial charge < -0.3 is 19.9 Å². The molecule has 0 fully saturated rings. The number of aliphatic hydroxyl groups excluding tert-OH is 1. The molecule has 0 aliphatic carbocycles. The predicted molar refractivity (Wildman–Crippen MR) is 81.0 cm³/mol. The molecule has 0 amide bonds. The molecular formula is C16H26FNO3. The number of unbranched alkanes of at least 4 members (excludes halogenated alkanes) is 3. The van der Waals surface area contributed by atoms with Crippen LogP contribution >= 0.6 is 0 Å². The van der Waals surface area contributed by atoms with Gasteiger partial charge in [0, 0.05) is 32.9 Å². The number of benzene rings is 1. The van der Waals surface area contributed by atoms with Crippen molar-refractivity contribution in [3.8, 4) is 5.75 Å². The maximum absolute atomic E-state index is 13.5. The van der Waals surface area contributed by atoms with E-state index in [1.165, 1.54) is 12.1 Å². The number of hydrogen-bond donors (Lipinski definition) is 2. The van der Waals surface area contributed by atoms with Crippen molar-refractivity contribution < 1.29 is 19.0 Å². The van der Waals surface area contributed by atoms with E-state index in [1.807, 2.05) is 6.07 Å². The highest BCUT2D eigenvalue weighted by atomic mass is 19.1. The Morgan fingerprint density at radius 1 is 1.10 bits per heavy atom. The molecule has 4 nitrogen and oxygen atoms in total. The van der Waals surface area contributed by atoms with Crippen LogP contribution in [-0.2, 0) is 11.3 Å². The highest BCUT2D eigenvalue weighted by Crippen LogP contribution is 2.17. The van der Waals surface area contributed by atoms with Crippen molar-refractivity contribution in [2.75, 3.05) is 33.5 Å². The third kappa shape index (κ3) is 8.65. The Bertz CT molecular complexity index is 388. The second kappa shape index (κ2) is 11.5.